The molecule has 1 aromatic heterocycles. The molecule has 0 saturated heterocycles. The van der Waals surface area contributed by atoms with Gasteiger partial charge in [0.05, 0.1) is 11.4 Å². The van der Waals surface area contributed by atoms with Crippen molar-refractivity contribution in [1.82, 2.24) is 9.88 Å². The van der Waals surface area contributed by atoms with E-state index in [4.69, 9.17) is 21.8 Å². The number of hydrogen-bond acceptors (Lipinski definition) is 3. The molecule has 0 unspecified atom stereocenters. The first-order valence-electron chi connectivity index (χ1n) is 6.01. The lowest BCUT2D eigenvalue weighted by atomic mass is 10.2. The Bertz CT molecular complexity index is 564. The Morgan fingerprint density at radius 3 is 2.55 bits per heavy atom. The maximum atomic E-state index is 12.1. The monoisotopic (exact) mass is 300 g/mol. The van der Waals surface area contributed by atoms with Gasteiger partial charge in [0.15, 0.2) is 0 Å². The molecule has 3 N–H and O–H groups in total. The van der Waals surface area contributed by atoms with Crippen LogP contribution in [0, 0.1) is 0 Å². The van der Waals surface area contributed by atoms with Gasteiger partial charge in [0.25, 0.3) is 5.91 Å². The second-order valence-corrected chi connectivity index (χ2v) is 5.08. The third-order valence-electron chi connectivity index (χ3n) is 2.97. The predicted octanol–water partition coefficient (Wildman–Crippen LogP) is 1.13. The highest BCUT2D eigenvalue weighted by atomic mass is 35.5. The smallest absolute Gasteiger partial charge is 0.326 e. The van der Waals surface area contributed by atoms with Gasteiger partial charge in [-0.3, -0.25) is 9.59 Å². The molecule has 0 aliphatic heterocycles. The van der Waals surface area contributed by atoms with E-state index in [9.17, 15) is 14.4 Å². The fraction of sp³-hybridized carbons (Fsp3) is 0.417. The number of amides is 1. The molecule has 2 rings (SSSR count). The van der Waals surface area contributed by atoms with Gasteiger partial charge in [-0.15, -0.1) is 0 Å². The van der Waals surface area contributed by atoms with Gasteiger partial charge in [-0.2, -0.15) is 0 Å². The molecule has 1 aliphatic carbocycles. The molecule has 1 aromatic rings. The van der Waals surface area contributed by atoms with E-state index >= 15 is 0 Å². The molecule has 108 valence electrons. The molecule has 1 aliphatic rings. The Balaban J connectivity index is 2.14. The molecular formula is C12H13ClN2O5. The summed E-state index contributed by atoms with van der Waals surface area (Å²) in [7, 11) is 0. The number of aromatic nitrogens is 1. The van der Waals surface area contributed by atoms with Crippen molar-refractivity contribution in [1.29, 1.82) is 0 Å². The van der Waals surface area contributed by atoms with E-state index in [0.29, 0.717) is 5.02 Å². The Hall–Kier alpha value is -2.02. The van der Waals surface area contributed by atoms with Crippen LogP contribution in [-0.4, -0.2) is 38.7 Å². The molecule has 0 aromatic carbocycles. The zero-order valence-electron chi connectivity index (χ0n) is 10.4. The minimum Gasteiger partial charge on any atom is -0.481 e. The first kappa shape index (κ1) is 14.4. The van der Waals surface area contributed by atoms with Crippen molar-refractivity contribution in [3.05, 3.63) is 23.0 Å². The number of aliphatic carboxylic acids is 2. The van der Waals surface area contributed by atoms with Crippen molar-refractivity contribution >= 4 is 29.4 Å². The lowest BCUT2D eigenvalue weighted by Gasteiger charge is -2.13. The molecular weight excluding hydrogens is 288 g/mol. The quantitative estimate of drug-likeness (QED) is 0.730. The van der Waals surface area contributed by atoms with Gasteiger partial charge in [-0.05, 0) is 18.9 Å². The minimum atomic E-state index is -1.47. The number of carbonyl (C=O) groups excluding carboxylic acids is 1. The number of carbonyl (C=O) groups is 3. The molecule has 7 nitrogen and oxygen atoms in total. The second-order valence-electron chi connectivity index (χ2n) is 4.64. The van der Waals surface area contributed by atoms with Crippen LogP contribution in [0.3, 0.4) is 0 Å². The van der Waals surface area contributed by atoms with Crippen LogP contribution in [0.25, 0.3) is 0 Å². The maximum Gasteiger partial charge on any atom is 0.326 e. The van der Waals surface area contributed by atoms with E-state index in [0.717, 1.165) is 12.8 Å². The average Bonchev–Trinajstić information content (AvgIpc) is 3.10. The maximum absolute atomic E-state index is 12.1. The molecule has 0 spiro atoms. The number of carboxylic acids is 2. The third-order valence-corrected chi connectivity index (χ3v) is 3.18. The van der Waals surface area contributed by atoms with E-state index in [1.165, 1.54) is 6.07 Å². The van der Waals surface area contributed by atoms with E-state index in [-0.39, 0.29) is 11.7 Å². The molecule has 1 heterocycles. The highest BCUT2D eigenvalue weighted by Gasteiger charge is 2.30. The summed E-state index contributed by atoms with van der Waals surface area (Å²) in [5.74, 6) is -3.33. The number of nitrogens with zero attached hydrogens (tertiary/aromatic N) is 1. The van der Waals surface area contributed by atoms with E-state index in [1.54, 1.807) is 10.8 Å². The summed E-state index contributed by atoms with van der Waals surface area (Å²) < 4.78 is 1.69. The van der Waals surface area contributed by atoms with Crippen LogP contribution in [0.4, 0.5) is 0 Å². The van der Waals surface area contributed by atoms with Crippen molar-refractivity contribution in [2.75, 3.05) is 0 Å². The summed E-state index contributed by atoms with van der Waals surface area (Å²) in [5, 5.41) is 20.1. The van der Waals surface area contributed by atoms with Crippen molar-refractivity contribution in [2.45, 2.75) is 31.3 Å². The lowest BCUT2D eigenvalue weighted by molar-refractivity contribution is -0.145. The number of halogens is 1. The predicted molar refractivity (Wildman–Crippen MR) is 68.9 cm³/mol. The van der Waals surface area contributed by atoms with Gasteiger partial charge in [-0.1, -0.05) is 11.6 Å². The molecule has 1 atom stereocenters. The number of carboxylic acid groups (broad SMARTS) is 2. The summed E-state index contributed by atoms with van der Waals surface area (Å²) in [4.78, 5) is 33.6. The number of rotatable bonds is 6. The molecule has 0 bridgehead atoms. The van der Waals surface area contributed by atoms with Crippen LogP contribution in [-0.2, 0) is 9.59 Å². The largest absolute Gasteiger partial charge is 0.481 e. The minimum absolute atomic E-state index is 0.200. The molecule has 0 radical (unpaired) electrons. The van der Waals surface area contributed by atoms with Gasteiger partial charge in [-0.25, -0.2) is 4.79 Å². The molecule has 1 fully saturated rings. The van der Waals surface area contributed by atoms with Crippen LogP contribution in [0.2, 0.25) is 5.02 Å². The van der Waals surface area contributed by atoms with Crippen molar-refractivity contribution in [3.63, 3.8) is 0 Å². The second kappa shape index (κ2) is 5.54. The summed E-state index contributed by atoms with van der Waals surface area (Å²) in [5.41, 5.74) is 0.245. The molecule has 8 heteroatoms. The lowest BCUT2D eigenvalue weighted by Crippen LogP contribution is -2.42. The molecule has 1 saturated carbocycles. The Labute approximate surface area is 119 Å². The summed E-state index contributed by atoms with van der Waals surface area (Å²) >= 11 is 5.85. The van der Waals surface area contributed by atoms with E-state index in [1.807, 2.05) is 0 Å². The SMILES string of the molecule is O=C(O)C[C@@H](NC(=O)c1cc(Cl)cn1C1CC1)C(=O)O. The van der Waals surface area contributed by atoms with Crippen molar-refractivity contribution in [2.24, 2.45) is 0 Å². The zero-order chi connectivity index (χ0) is 14.9. The summed E-state index contributed by atoms with van der Waals surface area (Å²) in [6.07, 6.45) is 2.80. The van der Waals surface area contributed by atoms with Crippen LogP contribution in [0.1, 0.15) is 35.8 Å². The summed E-state index contributed by atoms with van der Waals surface area (Å²) in [6, 6.07) is 0.168. The van der Waals surface area contributed by atoms with Crippen LogP contribution in [0.15, 0.2) is 12.3 Å². The average molecular weight is 301 g/mol. The van der Waals surface area contributed by atoms with Gasteiger partial charge in [0.1, 0.15) is 11.7 Å². The first-order valence-corrected chi connectivity index (χ1v) is 6.39. The standard InChI is InChI=1S/C12H13ClN2O5/c13-6-3-9(15(5-6)7-1-2-7)11(18)14-8(12(19)20)4-10(16)17/h3,5,7-8H,1-2,4H2,(H,14,18)(H,16,17)(H,19,20)/t8-/m1/s1. The van der Waals surface area contributed by atoms with E-state index < -0.39 is 30.3 Å². The topological polar surface area (TPSA) is 109 Å². The van der Waals surface area contributed by atoms with E-state index in [2.05, 4.69) is 5.32 Å². The fourth-order valence-electron chi connectivity index (χ4n) is 1.89. The normalized spacial score (nSPS) is 15.7. The Morgan fingerprint density at radius 1 is 1.40 bits per heavy atom. The van der Waals surface area contributed by atoms with Gasteiger partial charge < -0.3 is 20.1 Å². The fourth-order valence-corrected chi connectivity index (χ4v) is 2.10. The molecule has 20 heavy (non-hydrogen) atoms. The van der Waals surface area contributed by atoms with Crippen LogP contribution < -0.4 is 5.32 Å². The molecule has 1 amide bonds. The van der Waals surface area contributed by atoms with Crippen LogP contribution in [0.5, 0.6) is 0 Å². The van der Waals surface area contributed by atoms with Gasteiger partial charge in [0.2, 0.25) is 0 Å². The van der Waals surface area contributed by atoms with Crippen molar-refractivity contribution in [3.8, 4) is 0 Å². The Morgan fingerprint density at radius 2 is 2.05 bits per heavy atom. The van der Waals surface area contributed by atoms with Crippen molar-refractivity contribution < 1.29 is 24.6 Å². The third kappa shape index (κ3) is 3.30. The highest BCUT2D eigenvalue weighted by Crippen LogP contribution is 2.37. The number of nitrogens with one attached hydrogen (secondary N) is 1. The summed E-state index contributed by atoms with van der Waals surface area (Å²) in [6.45, 7) is 0. The highest BCUT2D eigenvalue weighted by molar-refractivity contribution is 6.31. The number of hydrogen-bond donors (Lipinski definition) is 3. The van der Waals surface area contributed by atoms with Gasteiger partial charge in [0, 0.05) is 12.2 Å². The zero-order valence-corrected chi connectivity index (χ0v) is 11.1. The Kier molecular flexibility index (Phi) is 3.99. The first-order chi connectivity index (χ1) is 9.38. The van der Waals surface area contributed by atoms with Gasteiger partial charge >= 0.3 is 11.9 Å². The van der Waals surface area contributed by atoms with Crippen LogP contribution >= 0.6 is 11.6 Å².